The molecule has 0 aromatic rings. The Labute approximate surface area is 67.3 Å². The van der Waals surface area contributed by atoms with Crippen molar-refractivity contribution in [3.63, 3.8) is 0 Å². The van der Waals surface area contributed by atoms with Crippen molar-refractivity contribution < 1.29 is 9.53 Å². The van der Waals surface area contributed by atoms with E-state index in [0.717, 1.165) is 19.5 Å². The molecule has 0 radical (unpaired) electrons. The highest BCUT2D eigenvalue weighted by atomic mass is 16.5. The zero-order valence-corrected chi connectivity index (χ0v) is 7.17. The smallest absolute Gasteiger partial charge is 0.222 e. The Morgan fingerprint density at radius 1 is 1.73 bits per heavy atom. The molecule has 1 amide bonds. The number of carbonyl (C=O) groups excluding carboxylic acids is 1. The highest BCUT2D eigenvalue weighted by Crippen LogP contribution is 2.12. The number of piperidine rings is 1. The number of hydrogen-bond donors (Lipinski definition) is 0. The number of amides is 1. The normalized spacial score (nSPS) is 25.8. The van der Waals surface area contributed by atoms with Gasteiger partial charge < -0.3 is 9.64 Å². The van der Waals surface area contributed by atoms with Crippen molar-refractivity contribution in [1.82, 2.24) is 4.90 Å². The Balaban J connectivity index is 2.44. The lowest BCUT2D eigenvalue weighted by atomic mass is 10.1. The number of methoxy groups -OCH3 is 1. The molecule has 11 heavy (non-hydrogen) atoms. The lowest BCUT2D eigenvalue weighted by molar-refractivity contribution is -0.137. The molecule has 1 atom stereocenters. The molecule has 0 saturated carbocycles. The van der Waals surface area contributed by atoms with E-state index in [2.05, 4.69) is 0 Å². The Bertz CT molecular complexity index is 147. The van der Waals surface area contributed by atoms with E-state index in [4.69, 9.17) is 4.74 Å². The van der Waals surface area contributed by atoms with Gasteiger partial charge in [0.2, 0.25) is 5.91 Å². The molecule has 1 aliphatic heterocycles. The quantitative estimate of drug-likeness (QED) is 0.589. The van der Waals surface area contributed by atoms with Gasteiger partial charge in [0.1, 0.15) is 0 Å². The second-order valence-corrected chi connectivity index (χ2v) is 2.83. The van der Waals surface area contributed by atoms with Crippen molar-refractivity contribution in [3.8, 4) is 0 Å². The number of nitrogens with zero attached hydrogens (tertiary/aromatic N) is 1. The van der Waals surface area contributed by atoms with Crippen LogP contribution in [0.2, 0.25) is 0 Å². The Kier molecular flexibility index (Phi) is 2.88. The van der Waals surface area contributed by atoms with Crippen molar-refractivity contribution in [3.05, 3.63) is 0 Å². The molecule has 1 saturated heterocycles. The van der Waals surface area contributed by atoms with Crippen molar-refractivity contribution in [2.24, 2.45) is 0 Å². The average Bonchev–Trinajstić information content (AvgIpc) is 2.05. The Hall–Kier alpha value is -0.570. The second kappa shape index (κ2) is 3.72. The number of ether oxygens (including phenoxy) is 1. The molecule has 0 unspecified atom stereocenters. The van der Waals surface area contributed by atoms with Gasteiger partial charge in [-0.3, -0.25) is 4.79 Å². The zero-order chi connectivity index (χ0) is 8.27. The number of carbonyl (C=O) groups is 1. The van der Waals surface area contributed by atoms with Crippen molar-refractivity contribution in [1.29, 1.82) is 0 Å². The maximum Gasteiger partial charge on any atom is 0.222 e. The SMILES string of the molecule is CCN1C[C@@H](OC)CCC1=O. The van der Waals surface area contributed by atoms with Gasteiger partial charge in [0.05, 0.1) is 6.10 Å². The van der Waals surface area contributed by atoms with Crippen molar-refractivity contribution in [2.75, 3.05) is 20.2 Å². The van der Waals surface area contributed by atoms with E-state index < -0.39 is 0 Å². The molecule has 1 aliphatic rings. The van der Waals surface area contributed by atoms with Crippen molar-refractivity contribution >= 4 is 5.91 Å². The third kappa shape index (κ3) is 1.93. The predicted octanol–water partition coefficient (Wildman–Crippen LogP) is 0.644. The monoisotopic (exact) mass is 157 g/mol. The van der Waals surface area contributed by atoms with Gasteiger partial charge in [-0.15, -0.1) is 0 Å². The van der Waals surface area contributed by atoms with Crippen LogP contribution in [-0.4, -0.2) is 37.1 Å². The molecule has 64 valence electrons. The molecule has 1 heterocycles. The summed E-state index contributed by atoms with van der Waals surface area (Å²) in [6, 6.07) is 0. The highest BCUT2D eigenvalue weighted by molar-refractivity contribution is 5.76. The van der Waals surface area contributed by atoms with E-state index in [1.807, 2.05) is 11.8 Å². The van der Waals surface area contributed by atoms with Gasteiger partial charge in [-0.25, -0.2) is 0 Å². The van der Waals surface area contributed by atoms with Gasteiger partial charge >= 0.3 is 0 Å². The largest absolute Gasteiger partial charge is 0.380 e. The van der Waals surface area contributed by atoms with Gasteiger partial charge in [-0.1, -0.05) is 0 Å². The molecule has 0 aliphatic carbocycles. The van der Waals surface area contributed by atoms with Gasteiger partial charge in [-0.2, -0.15) is 0 Å². The average molecular weight is 157 g/mol. The minimum absolute atomic E-state index is 0.257. The van der Waals surface area contributed by atoms with E-state index >= 15 is 0 Å². The van der Waals surface area contributed by atoms with Crippen LogP contribution in [0.15, 0.2) is 0 Å². The molecule has 0 aromatic heterocycles. The number of likely N-dealkylation sites (N-methyl/N-ethyl adjacent to an activating group) is 1. The second-order valence-electron chi connectivity index (χ2n) is 2.83. The fraction of sp³-hybridized carbons (Fsp3) is 0.875. The molecule has 3 heteroatoms. The summed E-state index contributed by atoms with van der Waals surface area (Å²) in [6.07, 6.45) is 1.78. The standard InChI is InChI=1S/C8H15NO2/c1-3-9-6-7(11-2)4-5-8(9)10/h7H,3-6H2,1-2H3/t7-/m0/s1. The van der Waals surface area contributed by atoms with Gasteiger partial charge in [0.25, 0.3) is 0 Å². The van der Waals surface area contributed by atoms with E-state index in [0.29, 0.717) is 6.42 Å². The minimum Gasteiger partial charge on any atom is -0.380 e. The maximum absolute atomic E-state index is 11.2. The lowest BCUT2D eigenvalue weighted by Crippen LogP contribution is -2.42. The minimum atomic E-state index is 0.257. The summed E-state index contributed by atoms with van der Waals surface area (Å²) in [5.74, 6) is 0.265. The summed E-state index contributed by atoms with van der Waals surface area (Å²) in [4.78, 5) is 13.0. The third-order valence-electron chi connectivity index (χ3n) is 2.17. The molecule has 0 bridgehead atoms. The molecule has 3 nitrogen and oxygen atoms in total. The van der Waals surface area contributed by atoms with Crippen LogP contribution in [-0.2, 0) is 9.53 Å². The molecular weight excluding hydrogens is 142 g/mol. The molecule has 0 aromatic carbocycles. The number of likely N-dealkylation sites (tertiary alicyclic amines) is 1. The summed E-state index contributed by atoms with van der Waals surface area (Å²) in [6.45, 7) is 3.57. The molecular formula is C8H15NO2. The van der Waals surface area contributed by atoms with E-state index in [9.17, 15) is 4.79 Å². The Morgan fingerprint density at radius 2 is 2.45 bits per heavy atom. The summed E-state index contributed by atoms with van der Waals surface area (Å²) >= 11 is 0. The summed E-state index contributed by atoms with van der Waals surface area (Å²) in [5, 5.41) is 0. The molecule has 0 N–H and O–H groups in total. The van der Waals surface area contributed by atoms with Crippen LogP contribution in [0.1, 0.15) is 19.8 Å². The first-order valence-corrected chi connectivity index (χ1v) is 4.08. The van der Waals surface area contributed by atoms with Crippen LogP contribution < -0.4 is 0 Å². The van der Waals surface area contributed by atoms with Gasteiger partial charge in [0.15, 0.2) is 0 Å². The zero-order valence-electron chi connectivity index (χ0n) is 7.17. The summed E-state index contributed by atoms with van der Waals surface area (Å²) < 4.78 is 5.18. The van der Waals surface area contributed by atoms with E-state index in [1.54, 1.807) is 7.11 Å². The summed E-state index contributed by atoms with van der Waals surface area (Å²) in [5.41, 5.74) is 0. The fourth-order valence-electron chi connectivity index (χ4n) is 1.38. The maximum atomic E-state index is 11.2. The topological polar surface area (TPSA) is 29.5 Å². The van der Waals surface area contributed by atoms with Gasteiger partial charge in [0, 0.05) is 26.6 Å². The van der Waals surface area contributed by atoms with Crippen LogP contribution >= 0.6 is 0 Å². The number of rotatable bonds is 2. The van der Waals surface area contributed by atoms with E-state index in [1.165, 1.54) is 0 Å². The fourth-order valence-corrected chi connectivity index (χ4v) is 1.38. The van der Waals surface area contributed by atoms with Crippen LogP contribution in [0.3, 0.4) is 0 Å². The lowest BCUT2D eigenvalue weighted by Gasteiger charge is -2.30. The van der Waals surface area contributed by atoms with Crippen LogP contribution in [0.25, 0.3) is 0 Å². The molecule has 1 fully saturated rings. The third-order valence-corrected chi connectivity index (χ3v) is 2.17. The Morgan fingerprint density at radius 3 is 3.00 bits per heavy atom. The highest BCUT2D eigenvalue weighted by Gasteiger charge is 2.23. The van der Waals surface area contributed by atoms with Gasteiger partial charge in [-0.05, 0) is 13.3 Å². The van der Waals surface area contributed by atoms with Crippen LogP contribution in [0.5, 0.6) is 0 Å². The van der Waals surface area contributed by atoms with Crippen LogP contribution in [0, 0.1) is 0 Å². The first kappa shape index (κ1) is 8.53. The first-order chi connectivity index (χ1) is 5.27. The summed E-state index contributed by atoms with van der Waals surface area (Å²) in [7, 11) is 1.70. The van der Waals surface area contributed by atoms with E-state index in [-0.39, 0.29) is 12.0 Å². The predicted molar refractivity (Wildman–Crippen MR) is 42.3 cm³/mol. The van der Waals surface area contributed by atoms with Crippen molar-refractivity contribution in [2.45, 2.75) is 25.9 Å². The molecule has 1 rings (SSSR count). The molecule has 0 spiro atoms. The number of hydrogen-bond acceptors (Lipinski definition) is 2. The first-order valence-electron chi connectivity index (χ1n) is 4.08. The van der Waals surface area contributed by atoms with Crippen LogP contribution in [0.4, 0.5) is 0 Å².